The summed E-state index contributed by atoms with van der Waals surface area (Å²) < 4.78 is 122. The summed E-state index contributed by atoms with van der Waals surface area (Å²) in [4.78, 5) is 42.9. The number of carbonyl (C=O) groups excluding carboxylic acids is 2. The quantitative estimate of drug-likeness (QED) is 0.00681. The molecule has 8 N–H and O–H groups in total. The lowest BCUT2D eigenvalue weighted by atomic mass is 9.96. The predicted octanol–water partition coefficient (Wildman–Crippen LogP) is 21.8. The number of aryl methyl sites for hydroxylation is 7. The Hall–Kier alpha value is -15.8. The van der Waals surface area contributed by atoms with E-state index in [0.717, 1.165) is 105 Å². The van der Waals surface area contributed by atoms with Crippen LogP contribution in [0.3, 0.4) is 0 Å². The summed E-state index contributed by atoms with van der Waals surface area (Å²) >= 11 is 12.1. The molecule has 4 aromatic heterocycles. The number of hydrogen-bond donors (Lipinski definition) is 8. The second-order valence-corrected chi connectivity index (χ2v) is 34.4. The van der Waals surface area contributed by atoms with Gasteiger partial charge in [0, 0.05) is 115 Å². The van der Waals surface area contributed by atoms with E-state index in [4.69, 9.17) is 54.0 Å². The molecule has 2 aliphatic rings. The number of anilines is 4. The summed E-state index contributed by atoms with van der Waals surface area (Å²) in [6, 6.07) is 58.7. The van der Waals surface area contributed by atoms with Crippen molar-refractivity contribution in [1.29, 1.82) is 0 Å². The number of nitrogens with zero attached hydrogens (tertiary/aromatic N) is 16. The molecule has 43 heteroatoms. The number of fused-ring (bicyclic) bond motifs is 1. The van der Waals surface area contributed by atoms with Crippen LogP contribution in [-0.4, -0.2) is 154 Å². The Bertz CT molecular complexity index is 6290. The third-order valence-corrected chi connectivity index (χ3v) is 22.1. The summed E-state index contributed by atoms with van der Waals surface area (Å²) in [5.41, 5.74) is 27.6. The van der Waals surface area contributed by atoms with Gasteiger partial charge in [-0.2, -0.15) is 54.0 Å². The van der Waals surface area contributed by atoms with E-state index in [9.17, 15) is 44.3 Å². The number of thiocarbonyl (C=S) groups is 1. The van der Waals surface area contributed by atoms with Crippen molar-refractivity contribution in [3.8, 4) is 45.9 Å². The first-order valence-electron chi connectivity index (χ1n) is 43.6. The zero-order valence-electron chi connectivity index (χ0n) is 80.8. The van der Waals surface area contributed by atoms with Gasteiger partial charge in [0.15, 0.2) is 26.5 Å². The highest BCUT2D eigenvalue weighted by molar-refractivity contribution is 7.91. The van der Waals surface area contributed by atoms with Crippen molar-refractivity contribution in [2.45, 2.75) is 142 Å². The van der Waals surface area contributed by atoms with Crippen LogP contribution in [0.4, 0.5) is 48.7 Å². The maximum Gasteiger partial charge on any atom is 0.435 e. The lowest BCUT2D eigenvalue weighted by Gasteiger charge is -2.23. The topological polar surface area (TPSA) is 404 Å². The first-order valence-corrected chi connectivity index (χ1v) is 46.8. The van der Waals surface area contributed by atoms with Gasteiger partial charge in [0.25, 0.3) is 17.7 Å². The van der Waals surface area contributed by atoms with Crippen LogP contribution in [0.1, 0.15) is 135 Å². The number of aromatic nitrogens is 6. The Balaban J connectivity index is 0.000000283. The molecule has 2 amide bonds. The van der Waals surface area contributed by atoms with E-state index in [2.05, 4.69) is 257 Å². The monoisotopic (exact) mass is 2050 g/mol. The molecule has 1 unspecified atom stereocenters. The van der Waals surface area contributed by atoms with Gasteiger partial charge in [-0.05, 0) is 218 Å². The van der Waals surface area contributed by atoms with Gasteiger partial charge in [-0.1, -0.05) is 160 Å². The maximum atomic E-state index is 13.5. The van der Waals surface area contributed by atoms with Crippen LogP contribution in [-0.2, 0) is 51.7 Å². The van der Waals surface area contributed by atoms with Crippen molar-refractivity contribution in [3.63, 3.8) is 0 Å². The van der Waals surface area contributed by atoms with Crippen LogP contribution < -0.4 is 57.5 Å². The van der Waals surface area contributed by atoms with Crippen LogP contribution >= 0.6 is 35.2 Å². The normalized spacial score (nSPS) is 12.0. The van der Waals surface area contributed by atoms with Crippen molar-refractivity contribution < 1.29 is 68.1 Å². The highest BCUT2D eigenvalue weighted by atomic mass is 35.5. The van der Waals surface area contributed by atoms with Crippen molar-refractivity contribution in [2.75, 3.05) is 40.8 Å². The number of rotatable bonds is 30. The van der Waals surface area contributed by atoms with E-state index < -0.39 is 50.8 Å². The van der Waals surface area contributed by atoms with Gasteiger partial charge in [0.1, 0.15) is 52.9 Å². The van der Waals surface area contributed by atoms with Gasteiger partial charge < -0.3 is 29.1 Å². The van der Waals surface area contributed by atoms with Crippen LogP contribution in [0.5, 0.6) is 23.0 Å². The van der Waals surface area contributed by atoms with Crippen LogP contribution in [0.25, 0.3) is 21.5 Å². The first kappa shape index (κ1) is 119. The number of hydrazone groups is 7. The Morgan fingerprint density at radius 1 is 0.611 bits per heavy atom. The van der Waals surface area contributed by atoms with E-state index in [1.807, 2.05) is 122 Å². The van der Waals surface area contributed by atoms with Gasteiger partial charge in [-0.3, -0.25) is 56.4 Å². The number of carbonyl (C=O) groups is 2. The molecule has 12 aromatic rings. The second-order valence-electron chi connectivity index (χ2n) is 30.7. The molecule has 144 heavy (non-hydrogen) atoms. The number of aliphatic imine (C=N–C) groups is 2. The summed E-state index contributed by atoms with van der Waals surface area (Å²) in [6.45, 7) is 47.1. The number of alkyl halides is 5. The Morgan fingerprint density at radius 2 is 1.15 bits per heavy atom. The molecular formula is C101H115ClF6N24O9S3. The lowest BCUT2D eigenvalue weighted by molar-refractivity contribution is -0.161. The Morgan fingerprint density at radius 3 is 1.67 bits per heavy atom. The maximum absolute atomic E-state index is 13.5. The van der Waals surface area contributed by atoms with Crippen molar-refractivity contribution in [3.05, 3.63) is 284 Å². The molecule has 0 spiro atoms. The zero-order chi connectivity index (χ0) is 106. The van der Waals surface area contributed by atoms with E-state index in [1.54, 1.807) is 31.2 Å². The smallest absolute Gasteiger partial charge is 0.435 e. The van der Waals surface area contributed by atoms with E-state index in [-0.39, 0.29) is 40.7 Å². The molecule has 8 aromatic carbocycles. The molecule has 1 saturated heterocycles. The van der Waals surface area contributed by atoms with Crippen molar-refractivity contribution in [2.24, 2.45) is 57.9 Å². The molecule has 1 atom stereocenters. The van der Waals surface area contributed by atoms with Crippen LogP contribution in [0, 0.1) is 59.7 Å². The third-order valence-electron chi connectivity index (χ3n) is 19.2. The molecule has 0 bridgehead atoms. The number of sulfone groups is 1. The largest absolute Gasteiger partial charge is 0.489 e. The van der Waals surface area contributed by atoms with Gasteiger partial charge >= 0.3 is 6.18 Å². The third kappa shape index (κ3) is 44.3. The standard InChI is InChI=1S/C15H16N2O.C14H14N2O.C12H11FN2O2.C12H12N2.C10H10N4S.C9H11NO2S.C8H8ClF2N3.C8H15N3S.C7H7F3N4O.C6H11NO2/c1-12-3-5-13(6-4-12)11-18-15-9-7-14(8-10-15)17-16-2;1-11-3-7-13(8-4-11)17-14-9-5-12(6-10-14)16-15-2;1-4-5-17-11-7-9(12(16)15-14-3)10(13)6-8(11)2;1-9-3-4-11-10(8-13-2)5-6-14-12(11)7-9;1-7-3-5-8(6-4-7)9-12-14-10(15-9)13-11-2;1-8-3-5-9(6-4-8)13(11,12)7-10-2;1-8(10,11)5-3-6(9)7(13-4-5)14-12-2;1-9-11-8(12)10-7-5-3-2-4-6-7;1-11-12-6(15)4-3-14(2)13-5(4)7(8,9)10;1-7-9-6-4-2-3-5-8-6/h3-10,17H,2,11H2,1H3;3-10,16H,2H2,1H3;1,6-7H,3,5H2,2H3,(H,15,16);3-7H,2,8H2,1H3;3-6H,2H2,1H3,(H,13,14);3-6H,2,7H2,1H3;3-4H,2H2,1H3,(H,13,14);7H,1-6H2,(H2,10,11,12);3H,1H2,2H3,(H,12,15);6H,1-5H2. The molecule has 1 saturated carbocycles. The Labute approximate surface area is 848 Å². The second kappa shape index (κ2) is 63.8. The highest BCUT2D eigenvalue weighted by Gasteiger charge is 2.39. The number of amides is 2. The molecule has 760 valence electrons. The van der Waals surface area contributed by atoms with E-state index in [0.29, 0.717) is 45.6 Å². The van der Waals surface area contributed by atoms with Gasteiger partial charge in [-0.15, -0.1) is 16.6 Å². The average molecular weight is 2050 g/mol. The first-order chi connectivity index (χ1) is 68.9. The molecule has 5 heterocycles. The summed E-state index contributed by atoms with van der Waals surface area (Å²) in [7, 11) is -1.97. The minimum absolute atomic E-state index is 0.0488. The fraction of sp³-hybridized carbons (Fsp3) is 0.248. The van der Waals surface area contributed by atoms with Crippen LogP contribution in [0.15, 0.2) is 262 Å². The molecule has 0 radical (unpaired) electrons. The van der Waals surface area contributed by atoms with Crippen LogP contribution in [0.2, 0.25) is 5.02 Å². The minimum Gasteiger partial charge on any atom is -0.489 e. The fourth-order valence-electron chi connectivity index (χ4n) is 12.1. The number of terminal acetylenes is 1. The van der Waals surface area contributed by atoms with E-state index >= 15 is 0 Å². The number of ether oxygens (including phenoxy) is 4. The fourth-order valence-corrected chi connectivity index (χ4v) is 14.2. The number of hydrogen-bond acceptors (Lipinski definition) is 30. The number of oxime groups is 1. The molecule has 33 nitrogen and oxygen atoms in total. The highest BCUT2D eigenvalue weighted by Crippen LogP contribution is 2.34. The molecule has 1 aliphatic carbocycles. The zero-order valence-corrected chi connectivity index (χ0v) is 84.0. The summed E-state index contributed by atoms with van der Waals surface area (Å²) in [5, 5.41) is 44.7. The molecule has 1 aliphatic heterocycles. The van der Waals surface area contributed by atoms with E-state index in [1.165, 1.54) is 102 Å². The number of pyridine rings is 2. The summed E-state index contributed by atoms with van der Waals surface area (Å²) in [5.74, 6) is -0.229. The van der Waals surface area contributed by atoms with Crippen molar-refractivity contribution >= 4 is 162 Å². The minimum atomic E-state index is -4.67. The van der Waals surface area contributed by atoms with Gasteiger partial charge in [-0.25, -0.2) is 37.4 Å². The number of halogens is 7. The molecular weight excluding hydrogens is 1940 g/mol. The number of benzene rings is 8. The predicted molar refractivity (Wildman–Crippen MR) is 571 cm³/mol. The molecule has 14 rings (SSSR count). The van der Waals surface area contributed by atoms with Crippen molar-refractivity contribution in [1.82, 2.24) is 51.5 Å². The molecule has 2 fully saturated rings. The summed E-state index contributed by atoms with van der Waals surface area (Å²) in [6.07, 6.45) is 13.7. The van der Waals surface area contributed by atoms with Gasteiger partial charge in [0.2, 0.25) is 11.4 Å². The van der Waals surface area contributed by atoms with Gasteiger partial charge in [0.05, 0.1) is 51.1 Å². The average Bonchev–Trinajstić information content (AvgIpc) is 1.53. The Kier molecular flexibility index (Phi) is 52.5. The lowest BCUT2D eigenvalue weighted by Crippen LogP contribution is -2.40. The number of nitrogens with one attached hydrogen (secondary N) is 8. The SMILES string of the molecule is C#CCOc1cc(C(=O)NN=C)c(F)cc1C.C=NCS(=O)(=O)c1ccc(C)cc1.C=NCc1ccnc2cc(C)ccc12.C=NNC(=O)c1cn(C)nc1C(F)(F)F.C=NNC(=S)NC1CCCCC1.C=NNc1ccc(OCc2ccc(C)cc2)cc1.C=NNc1ccc(Oc2ccc(C)cc2)cc1.C=NNc1ncc(C(C)(F)F)cc1Cl.C=NNc1nnc(-c2ccc(C)cc2)s1.C=NOC1CCCCO1.